The van der Waals surface area contributed by atoms with Crippen molar-refractivity contribution in [1.82, 2.24) is 0 Å². The van der Waals surface area contributed by atoms with Crippen molar-refractivity contribution in [2.75, 3.05) is 0 Å². The van der Waals surface area contributed by atoms with Gasteiger partial charge >= 0.3 is 184 Å². The Morgan fingerprint density at radius 2 is 1.33 bits per heavy atom. The van der Waals surface area contributed by atoms with Gasteiger partial charge in [0.25, 0.3) is 0 Å². The Kier molecular flexibility index (Phi) is 11.2. The number of benzene rings is 4. The normalized spacial score (nSPS) is 17.3. The van der Waals surface area contributed by atoms with E-state index in [0.717, 1.165) is 21.4 Å². The first-order chi connectivity index (χ1) is 20.6. The van der Waals surface area contributed by atoms with Crippen molar-refractivity contribution in [3.63, 3.8) is 0 Å². The molecule has 2 unspecified atom stereocenters. The van der Waals surface area contributed by atoms with Gasteiger partial charge in [0.05, 0.1) is 0 Å². The first-order valence-electron chi connectivity index (χ1n) is 15.5. The number of hydrogen-bond donors (Lipinski definition) is 0. The van der Waals surface area contributed by atoms with Crippen LogP contribution in [-0.4, -0.2) is 0 Å². The van der Waals surface area contributed by atoms with Gasteiger partial charge in [0.1, 0.15) is 0 Å². The number of aryl methyl sites for hydroxylation is 3. The molecule has 0 saturated heterocycles. The van der Waals surface area contributed by atoms with E-state index in [9.17, 15) is 0 Å². The predicted octanol–water partition coefficient (Wildman–Crippen LogP) is 10.5. The van der Waals surface area contributed by atoms with Crippen molar-refractivity contribution in [2.45, 2.75) is 62.2 Å². The summed E-state index contributed by atoms with van der Waals surface area (Å²) < 4.78 is 2.09. The molecule has 4 aromatic rings. The van der Waals surface area contributed by atoms with E-state index in [4.69, 9.17) is 0 Å². The van der Waals surface area contributed by atoms with Crippen LogP contribution >= 0.6 is 8.58 Å². The number of unbranched alkanes of at least 4 members (excludes halogenated alkanes) is 1. The molecule has 0 aliphatic heterocycles. The third-order valence-corrected chi connectivity index (χ3v) is 15.9. The summed E-state index contributed by atoms with van der Waals surface area (Å²) in [5.74, 6) is 0. The Morgan fingerprint density at radius 1 is 0.714 bits per heavy atom. The van der Waals surface area contributed by atoms with E-state index in [2.05, 4.69) is 148 Å². The molecule has 42 heavy (non-hydrogen) atoms. The minimum Gasteiger partial charge on any atom is -0.0622 e. The minimum absolute atomic E-state index is 0.275. The van der Waals surface area contributed by atoms with Gasteiger partial charge in [0.15, 0.2) is 0 Å². The second kappa shape index (κ2) is 15.2. The number of allylic oxidation sites excluding steroid dienone is 5. The van der Waals surface area contributed by atoms with Crippen LogP contribution in [-0.2, 0) is 38.9 Å². The standard InChI is InChI=1S/C16H14P.C14H14.C10H15.Zr/c1-12-6-2-5-9-15(12)17-16-11-10-13-7-3-4-8-14(13)16;1-3-7-13(8-4-1)11-12-14-9-5-2-6-10-14;1-3-4-7-10-8-5-6-9(10)2;/h2-11,17H,1H3;1-10H,11-12H2;8H,3-5,7H2,1-2H3;. The Morgan fingerprint density at radius 3 is 2.00 bits per heavy atom. The van der Waals surface area contributed by atoms with E-state index in [1.165, 1.54) is 47.9 Å². The van der Waals surface area contributed by atoms with Crippen molar-refractivity contribution in [3.8, 4) is 0 Å². The van der Waals surface area contributed by atoms with Crippen LogP contribution in [0.2, 0.25) is 0 Å². The second-order valence-electron chi connectivity index (χ2n) is 11.4. The zero-order valence-corrected chi connectivity index (χ0v) is 28.8. The minimum atomic E-state index is -0.820. The smallest absolute Gasteiger partial charge is 0.0238 e. The topological polar surface area (TPSA) is 0 Å². The van der Waals surface area contributed by atoms with Crippen LogP contribution < -0.4 is 5.30 Å². The molecular weight excluding hydrogens is 603 g/mol. The molecule has 0 fully saturated rings. The van der Waals surface area contributed by atoms with E-state index in [1.54, 1.807) is 22.0 Å². The average Bonchev–Trinajstić information content (AvgIpc) is 3.57. The van der Waals surface area contributed by atoms with E-state index < -0.39 is 23.2 Å². The van der Waals surface area contributed by atoms with Crippen molar-refractivity contribution < 1.29 is 23.2 Å². The second-order valence-corrected chi connectivity index (χ2v) is 18.2. The van der Waals surface area contributed by atoms with Crippen LogP contribution in [0.3, 0.4) is 0 Å². The molecule has 2 aliphatic rings. The van der Waals surface area contributed by atoms with Crippen molar-refractivity contribution in [1.29, 1.82) is 0 Å². The SMILES string of the molecule is CCCCC1=CC[C]([Zr][C]2(Pc3ccccc3C)C=Cc3ccccc32)=C1C.c1ccc(CCc2ccccc2)cc1. The van der Waals surface area contributed by atoms with Crippen molar-refractivity contribution >= 4 is 20.0 Å². The van der Waals surface area contributed by atoms with Crippen LogP contribution in [0.5, 0.6) is 0 Å². The Labute approximate surface area is 267 Å². The summed E-state index contributed by atoms with van der Waals surface area (Å²) in [7, 11) is 0.835. The van der Waals surface area contributed by atoms with E-state index in [0.29, 0.717) is 0 Å². The summed E-state index contributed by atoms with van der Waals surface area (Å²) in [6.07, 6.45) is 14.9. The molecular formula is C40H43PZr. The van der Waals surface area contributed by atoms with Gasteiger partial charge in [-0.05, 0) is 24.0 Å². The molecule has 212 valence electrons. The fourth-order valence-corrected chi connectivity index (χ4v) is 13.5. The third-order valence-electron chi connectivity index (χ3n) is 8.40. The third kappa shape index (κ3) is 7.87. The fourth-order valence-electron chi connectivity index (χ4n) is 5.82. The van der Waals surface area contributed by atoms with Gasteiger partial charge in [-0.3, -0.25) is 0 Å². The molecule has 0 heterocycles. The van der Waals surface area contributed by atoms with Gasteiger partial charge in [-0.25, -0.2) is 0 Å². The zero-order valence-electron chi connectivity index (χ0n) is 25.4. The quantitative estimate of drug-likeness (QED) is 0.151. The molecule has 0 N–H and O–H groups in total. The predicted molar refractivity (Wildman–Crippen MR) is 181 cm³/mol. The molecule has 0 aromatic heterocycles. The summed E-state index contributed by atoms with van der Waals surface area (Å²) >= 11 is -0.820. The van der Waals surface area contributed by atoms with Crippen LogP contribution in [0.25, 0.3) is 6.08 Å². The van der Waals surface area contributed by atoms with Crippen LogP contribution in [0.4, 0.5) is 0 Å². The molecule has 2 atom stereocenters. The molecule has 6 rings (SSSR count). The Bertz CT molecular complexity index is 1510. The van der Waals surface area contributed by atoms with Crippen LogP contribution in [0.1, 0.15) is 67.3 Å². The van der Waals surface area contributed by atoms with Gasteiger partial charge in [-0.15, -0.1) is 0 Å². The van der Waals surface area contributed by atoms with E-state index >= 15 is 0 Å². The Hall–Kier alpha value is -2.59. The Balaban J connectivity index is 0.000000211. The van der Waals surface area contributed by atoms with Gasteiger partial charge < -0.3 is 0 Å². The summed E-state index contributed by atoms with van der Waals surface area (Å²) in [5.41, 5.74) is 10.6. The van der Waals surface area contributed by atoms with Gasteiger partial charge in [0.2, 0.25) is 0 Å². The van der Waals surface area contributed by atoms with Crippen LogP contribution in [0.15, 0.2) is 136 Å². The average molecular weight is 646 g/mol. The molecule has 2 heteroatoms. The van der Waals surface area contributed by atoms with Gasteiger partial charge in [-0.1, -0.05) is 60.7 Å². The maximum Gasteiger partial charge on any atom is -0.0238 e. The maximum absolute atomic E-state index is 2.58. The molecule has 2 aliphatic carbocycles. The van der Waals surface area contributed by atoms with Gasteiger partial charge in [-0.2, -0.15) is 0 Å². The molecule has 0 nitrogen and oxygen atoms in total. The summed E-state index contributed by atoms with van der Waals surface area (Å²) in [5, 5.41) is 1.54. The number of rotatable bonds is 10. The molecule has 0 spiro atoms. The number of hydrogen-bond acceptors (Lipinski definition) is 0. The van der Waals surface area contributed by atoms with E-state index in [-0.39, 0.29) is 2.86 Å². The molecule has 0 radical (unpaired) electrons. The summed E-state index contributed by atoms with van der Waals surface area (Å²) in [6, 6.07) is 39.4. The largest absolute Gasteiger partial charge is 0.0622 e. The molecule has 0 amide bonds. The van der Waals surface area contributed by atoms with Crippen molar-refractivity contribution in [2.24, 2.45) is 0 Å². The maximum atomic E-state index is 2.58. The molecule has 4 aromatic carbocycles. The first kappa shape index (κ1) is 30.9. The summed E-state index contributed by atoms with van der Waals surface area (Å²) in [4.78, 5) is 0. The van der Waals surface area contributed by atoms with Crippen LogP contribution in [0, 0.1) is 6.92 Å². The van der Waals surface area contributed by atoms with E-state index in [1.807, 2.05) is 3.28 Å². The molecule has 0 bridgehead atoms. The number of fused-ring (bicyclic) bond motifs is 1. The summed E-state index contributed by atoms with van der Waals surface area (Å²) in [6.45, 7) is 6.97. The first-order valence-corrected chi connectivity index (χ1v) is 18.9. The monoisotopic (exact) mass is 644 g/mol. The fraction of sp³-hybridized carbons (Fsp3) is 0.250. The zero-order chi connectivity index (χ0) is 29.2. The molecule has 0 saturated carbocycles. The van der Waals surface area contributed by atoms with Crippen molar-refractivity contribution in [3.05, 3.63) is 164 Å². The van der Waals surface area contributed by atoms with Gasteiger partial charge in [0, 0.05) is 0 Å².